The second-order valence-corrected chi connectivity index (χ2v) is 2.71. The summed E-state index contributed by atoms with van der Waals surface area (Å²) in [4.78, 5) is 20.0. The van der Waals surface area contributed by atoms with Gasteiger partial charge in [0.2, 0.25) is 0 Å². The van der Waals surface area contributed by atoms with Crippen LogP contribution in [0.2, 0.25) is 0 Å². The second-order valence-electron chi connectivity index (χ2n) is 2.71. The van der Waals surface area contributed by atoms with Gasteiger partial charge in [-0.25, -0.2) is 0 Å². The van der Waals surface area contributed by atoms with Gasteiger partial charge in [-0.1, -0.05) is 10.4 Å². The van der Waals surface area contributed by atoms with Gasteiger partial charge < -0.3 is 4.74 Å². The molecule has 0 aromatic heterocycles. The summed E-state index contributed by atoms with van der Waals surface area (Å²) >= 11 is 0. The minimum Gasteiger partial charge on any atom is -0.371 e. The molecule has 1 unspecified atom stereocenters. The molecule has 0 aromatic rings. The van der Waals surface area contributed by atoms with Gasteiger partial charge in [0.15, 0.2) is 0 Å². The predicted octanol–water partition coefficient (Wildman–Crippen LogP) is 1.07. The van der Waals surface area contributed by atoms with E-state index in [1.54, 1.807) is 0 Å². The highest BCUT2D eigenvalue weighted by Gasteiger charge is 2.34. The van der Waals surface area contributed by atoms with Crippen molar-refractivity contribution in [2.75, 3.05) is 6.54 Å². The summed E-state index contributed by atoms with van der Waals surface area (Å²) < 4.78 is 5.22. The largest absolute Gasteiger partial charge is 0.371 e. The van der Waals surface area contributed by atoms with Gasteiger partial charge in [0, 0.05) is 6.42 Å². The molecule has 5 heteroatoms. The summed E-state index contributed by atoms with van der Waals surface area (Å²) in [7, 11) is 0. The van der Waals surface area contributed by atoms with E-state index in [1.165, 1.54) is 0 Å². The van der Waals surface area contributed by atoms with Gasteiger partial charge in [0.05, 0.1) is 6.10 Å². The van der Waals surface area contributed by atoms with Gasteiger partial charge in [-0.2, -0.15) is 9.81 Å². The zero-order chi connectivity index (χ0) is 8.27. The normalized spacial score (nSPS) is 37.0. The molecule has 0 bridgehead atoms. The van der Waals surface area contributed by atoms with Crippen molar-refractivity contribution in [3.63, 3.8) is 0 Å². The third-order valence-electron chi connectivity index (χ3n) is 1.80. The Bertz CT molecular complexity index is 162. The zero-order valence-corrected chi connectivity index (χ0v) is 6.27. The number of hydrogen-bond donors (Lipinski definition) is 0. The fraction of sp³-hybridized carbons (Fsp3) is 1.00. The molecule has 0 aromatic carbocycles. The minimum atomic E-state index is -0.389. The summed E-state index contributed by atoms with van der Waals surface area (Å²) in [5, 5.41) is 5.54. The lowest BCUT2D eigenvalue weighted by Crippen LogP contribution is -2.21. The molecule has 0 aliphatic carbocycles. The molecular formula is C6H10N2O3. The van der Waals surface area contributed by atoms with Gasteiger partial charge in [-0.3, -0.25) is 0 Å². The third-order valence-corrected chi connectivity index (χ3v) is 1.80. The van der Waals surface area contributed by atoms with Crippen LogP contribution in [0, 0.1) is 9.81 Å². The number of rotatable bonds is 3. The smallest absolute Gasteiger partial charge is 0.122 e. The zero-order valence-electron chi connectivity index (χ0n) is 6.27. The Morgan fingerprint density at radius 3 is 2.82 bits per heavy atom. The first kappa shape index (κ1) is 8.26. The van der Waals surface area contributed by atoms with Crippen molar-refractivity contribution in [2.24, 2.45) is 10.4 Å². The molecule has 1 fully saturated rings. The summed E-state index contributed by atoms with van der Waals surface area (Å²) in [6, 6.07) is -0.386. The summed E-state index contributed by atoms with van der Waals surface area (Å²) in [5.41, 5.74) is 0. The Morgan fingerprint density at radius 2 is 2.27 bits per heavy atom. The number of nitrogens with zero attached hydrogens (tertiary/aromatic N) is 2. The fourth-order valence-electron chi connectivity index (χ4n) is 1.29. The maximum atomic E-state index is 10.2. The van der Waals surface area contributed by atoms with Crippen LogP contribution >= 0.6 is 0 Å². The molecule has 1 aliphatic rings. The van der Waals surface area contributed by atoms with E-state index in [0.29, 0.717) is 6.42 Å². The molecule has 0 N–H and O–H groups in total. The molecule has 0 amide bonds. The standard InChI is InChI=1S/C6H10N2O3/c1-4-2-5(8-10)6(11-4)3-7-9/h4-6H,2-3H2,1H3/t4-,5-,6?/m0/s1. The van der Waals surface area contributed by atoms with E-state index in [2.05, 4.69) is 10.4 Å². The fourth-order valence-corrected chi connectivity index (χ4v) is 1.29. The molecule has 62 valence electrons. The first-order valence-corrected chi connectivity index (χ1v) is 3.55. The first-order valence-electron chi connectivity index (χ1n) is 3.55. The van der Waals surface area contributed by atoms with Crippen molar-refractivity contribution in [3.05, 3.63) is 9.81 Å². The topological polar surface area (TPSA) is 68.1 Å². The van der Waals surface area contributed by atoms with E-state index in [0.717, 1.165) is 0 Å². The highest BCUT2D eigenvalue weighted by Crippen LogP contribution is 2.22. The maximum absolute atomic E-state index is 10.2. The lowest BCUT2D eigenvalue weighted by Gasteiger charge is -2.07. The molecule has 0 saturated carbocycles. The molecule has 5 nitrogen and oxygen atoms in total. The van der Waals surface area contributed by atoms with Crippen LogP contribution in [0.25, 0.3) is 0 Å². The lowest BCUT2D eigenvalue weighted by molar-refractivity contribution is 0.0577. The van der Waals surface area contributed by atoms with Gasteiger partial charge >= 0.3 is 0 Å². The van der Waals surface area contributed by atoms with Crippen LogP contribution in [-0.2, 0) is 4.74 Å². The van der Waals surface area contributed by atoms with E-state index in [9.17, 15) is 9.81 Å². The maximum Gasteiger partial charge on any atom is 0.122 e. The second kappa shape index (κ2) is 3.52. The van der Waals surface area contributed by atoms with Crippen molar-refractivity contribution in [3.8, 4) is 0 Å². The van der Waals surface area contributed by atoms with Crippen LogP contribution < -0.4 is 0 Å². The molecule has 11 heavy (non-hydrogen) atoms. The average molecular weight is 158 g/mol. The van der Waals surface area contributed by atoms with Crippen LogP contribution in [-0.4, -0.2) is 24.8 Å². The van der Waals surface area contributed by atoms with E-state index >= 15 is 0 Å². The van der Waals surface area contributed by atoms with E-state index < -0.39 is 0 Å². The van der Waals surface area contributed by atoms with Crippen molar-refractivity contribution in [1.29, 1.82) is 0 Å². The molecule has 1 heterocycles. The number of ether oxygens (including phenoxy) is 1. The quantitative estimate of drug-likeness (QED) is 0.577. The van der Waals surface area contributed by atoms with Crippen molar-refractivity contribution < 1.29 is 4.74 Å². The average Bonchev–Trinajstić information content (AvgIpc) is 2.32. The van der Waals surface area contributed by atoms with Crippen LogP contribution in [0.3, 0.4) is 0 Å². The Labute approximate surface area is 64.1 Å². The summed E-state index contributed by atoms with van der Waals surface area (Å²) in [6.07, 6.45) is 0.230. The lowest BCUT2D eigenvalue weighted by atomic mass is 10.1. The summed E-state index contributed by atoms with van der Waals surface area (Å²) in [6.45, 7) is 1.88. The van der Waals surface area contributed by atoms with Crippen molar-refractivity contribution in [1.82, 2.24) is 0 Å². The van der Waals surface area contributed by atoms with Crippen molar-refractivity contribution in [2.45, 2.75) is 31.6 Å². The molecule has 3 atom stereocenters. The predicted molar refractivity (Wildman–Crippen MR) is 39.2 cm³/mol. The Balaban J connectivity index is 2.49. The Hall–Kier alpha value is -0.840. The summed E-state index contributed by atoms with van der Waals surface area (Å²) in [5.74, 6) is 0. The molecular weight excluding hydrogens is 148 g/mol. The van der Waals surface area contributed by atoms with Crippen molar-refractivity contribution >= 4 is 0 Å². The first-order chi connectivity index (χ1) is 5.27. The Morgan fingerprint density at radius 1 is 1.55 bits per heavy atom. The van der Waals surface area contributed by atoms with Gasteiger partial charge in [0.25, 0.3) is 0 Å². The van der Waals surface area contributed by atoms with Crippen LogP contribution in [0.1, 0.15) is 13.3 Å². The number of hydrogen-bond acceptors (Lipinski definition) is 5. The van der Waals surface area contributed by atoms with Crippen LogP contribution in [0.5, 0.6) is 0 Å². The highest BCUT2D eigenvalue weighted by molar-refractivity contribution is 4.86. The molecule has 0 radical (unpaired) electrons. The molecule has 1 rings (SSSR count). The van der Waals surface area contributed by atoms with Gasteiger partial charge in [-0.15, -0.1) is 0 Å². The molecule has 1 aliphatic heterocycles. The molecule has 0 spiro atoms. The highest BCUT2D eigenvalue weighted by atomic mass is 16.5. The van der Waals surface area contributed by atoms with Crippen LogP contribution in [0.15, 0.2) is 10.4 Å². The van der Waals surface area contributed by atoms with E-state index in [4.69, 9.17) is 4.74 Å². The van der Waals surface area contributed by atoms with Gasteiger partial charge in [-0.05, 0) is 6.92 Å². The van der Waals surface area contributed by atoms with E-state index in [1.807, 2.05) is 6.92 Å². The van der Waals surface area contributed by atoms with Gasteiger partial charge in [0.1, 0.15) is 18.7 Å². The Kier molecular flexibility index (Phi) is 2.64. The molecule has 1 saturated heterocycles. The third kappa shape index (κ3) is 1.80. The van der Waals surface area contributed by atoms with Crippen LogP contribution in [0.4, 0.5) is 0 Å². The monoisotopic (exact) mass is 158 g/mol. The minimum absolute atomic E-state index is 0.0180. The number of nitroso groups, excluding NO2 is 2. The SMILES string of the molecule is C[C@H]1C[C@H](N=O)C(CN=O)O1. The van der Waals surface area contributed by atoms with E-state index in [-0.39, 0.29) is 24.8 Å².